The second-order valence-corrected chi connectivity index (χ2v) is 10.7. The maximum atomic E-state index is 13.9. The van der Waals surface area contributed by atoms with Gasteiger partial charge in [-0.25, -0.2) is 9.79 Å². The summed E-state index contributed by atoms with van der Waals surface area (Å²) in [6.07, 6.45) is 1.86. The molecule has 0 spiro atoms. The number of benzene rings is 2. The second-order valence-electron chi connectivity index (χ2n) is 8.79. The molecule has 3 aromatic rings. The summed E-state index contributed by atoms with van der Waals surface area (Å²) < 4.78 is 19.1. The summed E-state index contributed by atoms with van der Waals surface area (Å²) in [5.74, 6) is 0.475. The molecular weight excluding hydrogens is 582 g/mol. The minimum absolute atomic E-state index is 0.198. The highest BCUT2D eigenvalue weighted by molar-refractivity contribution is 9.10. The molecular formula is C29H32BrN3O5S. The largest absolute Gasteiger partial charge is 0.493 e. The molecule has 0 amide bonds. The first kappa shape index (κ1) is 28.6. The number of rotatable bonds is 9. The molecule has 0 N–H and O–H groups in total. The zero-order chi connectivity index (χ0) is 28.3. The van der Waals surface area contributed by atoms with Crippen molar-refractivity contribution in [1.29, 1.82) is 0 Å². The smallest absolute Gasteiger partial charge is 0.338 e. The van der Waals surface area contributed by atoms with Crippen LogP contribution in [0.3, 0.4) is 0 Å². The average Bonchev–Trinajstić information content (AvgIpc) is 3.23. The van der Waals surface area contributed by atoms with E-state index in [1.54, 1.807) is 44.8 Å². The van der Waals surface area contributed by atoms with Gasteiger partial charge in [-0.1, -0.05) is 39.4 Å². The first-order valence-corrected chi connectivity index (χ1v) is 14.3. The molecule has 1 aliphatic rings. The Morgan fingerprint density at radius 3 is 2.33 bits per heavy atom. The number of thiazole rings is 1. The molecule has 2 heterocycles. The summed E-state index contributed by atoms with van der Waals surface area (Å²) in [6, 6.07) is 10.9. The van der Waals surface area contributed by atoms with Gasteiger partial charge in [0.2, 0.25) is 0 Å². The molecule has 1 aromatic heterocycles. The minimum atomic E-state index is -0.776. The van der Waals surface area contributed by atoms with Crippen molar-refractivity contribution in [3.05, 3.63) is 83.0 Å². The lowest BCUT2D eigenvalue weighted by atomic mass is 9.95. The molecule has 1 atom stereocenters. The number of aromatic nitrogens is 1. The van der Waals surface area contributed by atoms with Crippen LogP contribution in [0.2, 0.25) is 0 Å². The van der Waals surface area contributed by atoms with Gasteiger partial charge in [0.25, 0.3) is 5.56 Å². The van der Waals surface area contributed by atoms with Crippen LogP contribution in [0, 0.1) is 0 Å². The third-order valence-corrected chi connectivity index (χ3v) is 8.30. The lowest BCUT2D eigenvalue weighted by Gasteiger charge is -2.26. The van der Waals surface area contributed by atoms with Crippen molar-refractivity contribution in [3.63, 3.8) is 0 Å². The Hall–Kier alpha value is -3.37. The number of hydrogen-bond donors (Lipinski definition) is 0. The Morgan fingerprint density at radius 2 is 1.74 bits per heavy atom. The molecule has 39 heavy (non-hydrogen) atoms. The van der Waals surface area contributed by atoms with E-state index in [0.717, 1.165) is 24.3 Å². The molecule has 10 heteroatoms. The van der Waals surface area contributed by atoms with E-state index in [4.69, 9.17) is 14.2 Å². The summed E-state index contributed by atoms with van der Waals surface area (Å²) in [7, 11) is 3.09. The van der Waals surface area contributed by atoms with Crippen molar-refractivity contribution in [2.45, 2.75) is 33.7 Å². The molecule has 0 radical (unpaired) electrons. The van der Waals surface area contributed by atoms with Crippen LogP contribution < -0.4 is 29.3 Å². The number of nitrogens with zero attached hydrogens (tertiary/aromatic N) is 3. The van der Waals surface area contributed by atoms with Crippen LogP contribution in [-0.4, -0.2) is 44.5 Å². The zero-order valence-corrected chi connectivity index (χ0v) is 25.3. The number of carbonyl (C=O) groups is 1. The van der Waals surface area contributed by atoms with E-state index in [2.05, 4.69) is 51.8 Å². The Kier molecular flexibility index (Phi) is 8.97. The molecule has 0 saturated heterocycles. The van der Waals surface area contributed by atoms with Crippen molar-refractivity contribution >= 4 is 45.0 Å². The van der Waals surface area contributed by atoms with Gasteiger partial charge in [-0.3, -0.25) is 9.36 Å². The predicted molar refractivity (Wildman–Crippen MR) is 158 cm³/mol. The van der Waals surface area contributed by atoms with Gasteiger partial charge in [0.1, 0.15) is 0 Å². The van der Waals surface area contributed by atoms with Crippen molar-refractivity contribution in [1.82, 2.24) is 4.57 Å². The zero-order valence-electron chi connectivity index (χ0n) is 22.9. The van der Waals surface area contributed by atoms with Crippen LogP contribution >= 0.6 is 27.3 Å². The Balaban J connectivity index is 1.92. The molecule has 2 aromatic carbocycles. The Labute approximate surface area is 240 Å². The number of hydrogen-bond acceptors (Lipinski definition) is 8. The topological polar surface area (TPSA) is 82.4 Å². The van der Waals surface area contributed by atoms with E-state index in [1.807, 2.05) is 18.2 Å². The molecule has 206 valence electrons. The molecule has 0 saturated carbocycles. The number of ether oxygens (including phenoxy) is 3. The van der Waals surface area contributed by atoms with Gasteiger partial charge >= 0.3 is 5.97 Å². The van der Waals surface area contributed by atoms with E-state index in [1.165, 1.54) is 11.3 Å². The molecule has 0 aliphatic carbocycles. The van der Waals surface area contributed by atoms with Crippen LogP contribution in [0.25, 0.3) is 6.08 Å². The van der Waals surface area contributed by atoms with Crippen LogP contribution in [0.5, 0.6) is 11.5 Å². The first-order chi connectivity index (χ1) is 18.8. The number of fused-ring (bicyclic) bond motifs is 1. The van der Waals surface area contributed by atoms with Gasteiger partial charge < -0.3 is 19.1 Å². The number of halogens is 1. The fourth-order valence-electron chi connectivity index (χ4n) is 4.69. The van der Waals surface area contributed by atoms with E-state index >= 15 is 0 Å². The quantitative estimate of drug-likeness (QED) is 0.332. The highest BCUT2D eigenvalue weighted by atomic mass is 79.9. The maximum Gasteiger partial charge on any atom is 0.338 e. The molecule has 1 aliphatic heterocycles. The van der Waals surface area contributed by atoms with Gasteiger partial charge in [-0.05, 0) is 69.2 Å². The number of esters is 1. The standard InChI is InChI=1S/C29H32BrN3O5S/c1-7-32(8-2)19-12-10-18(11-13-19)14-24-27(34)33-26(20-15-22(36-5)23(37-6)16-21(20)30)25(28(35)38-9-3)17(4)31-29(33)39-24/h10-16,26H,7-9H2,1-6H3/b24-14+. The fourth-order valence-corrected chi connectivity index (χ4v) is 6.27. The summed E-state index contributed by atoms with van der Waals surface area (Å²) in [5, 5.41) is 0. The first-order valence-electron chi connectivity index (χ1n) is 12.7. The molecule has 1 unspecified atom stereocenters. The van der Waals surface area contributed by atoms with Gasteiger partial charge in [0.15, 0.2) is 16.3 Å². The molecule has 0 bridgehead atoms. The lowest BCUT2D eigenvalue weighted by molar-refractivity contribution is -0.139. The summed E-state index contributed by atoms with van der Waals surface area (Å²) in [6.45, 7) is 9.79. The summed E-state index contributed by atoms with van der Waals surface area (Å²) >= 11 is 4.91. The van der Waals surface area contributed by atoms with Gasteiger partial charge in [0, 0.05) is 23.2 Å². The normalized spacial score (nSPS) is 15.1. The lowest BCUT2D eigenvalue weighted by Crippen LogP contribution is -2.40. The Bertz CT molecular complexity index is 1590. The Morgan fingerprint density at radius 1 is 1.10 bits per heavy atom. The van der Waals surface area contributed by atoms with Crippen LogP contribution in [0.15, 0.2) is 61.9 Å². The third kappa shape index (κ3) is 5.53. The van der Waals surface area contributed by atoms with Gasteiger partial charge in [0.05, 0.1) is 42.7 Å². The van der Waals surface area contributed by atoms with E-state index in [-0.39, 0.29) is 12.2 Å². The van der Waals surface area contributed by atoms with E-state index < -0.39 is 12.0 Å². The van der Waals surface area contributed by atoms with Crippen LogP contribution in [0.1, 0.15) is 44.9 Å². The molecule has 4 rings (SSSR count). The van der Waals surface area contributed by atoms with Crippen molar-refractivity contribution in [2.24, 2.45) is 4.99 Å². The average molecular weight is 615 g/mol. The monoisotopic (exact) mass is 613 g/mol. The highest BCUT2D eigenvalue weighted by Crippen LogP contribution is 2.40. The van der Waals surface area contributed by atoms with Crippen LogP contribution in [-0.2, 0) is 9.53 Å². The second kappa shape index (κ2) is 12.2. The molecule has 0 fully saturated rings. The number of methoxy groups -OCH3 is 2. The SMILES string of the molecule is CCOC(=O)C1=C(C)N=c2s/c(=C/c3ccc(N(CC)CC)cc3)c(=O)n2C1c1cc(OC)c(OC)cc1Br. The van der Waals surface area contributed by atoms with Crippen molar-refractivity contribution in [2.75, 3.05) is 38.8 Å². The maximum absolute atomic E-state index is 13.9. The number of carbonyl (C=O) groups excluding carboxylic acids is 1. The van der Waals surface area contributed by atoms with Gasteiger partial charge in [-0.15, -0.1) is 0 Å². The number of allylic oxidation sites excluding steroid dienone is 1. The molecule has 8 nitrogen and oxygen atoms in total. The van der Waals surface area contributed by atoms with E-state index in [9.17, 15) is 9.59 Å². The predicted octanol–water partition coefficient (Wildman–Crippen LogP) is 4.42. The van der Waals surface area contributed by atoms with Crippen LogP contribution in [0.4, 0.5) is 5.69 Å². The minimum Gasteiger partial charge on any atom is -0.493 e. The van der Waals surface area contributed by atoms with Crippen molar-refractivity contribution < 1.29 is 19.0 Å². The highest BCUT2D eigenvalue weighted by Gasteiger charge is 2.35. The fraction of sp³-hybridized carbons (Fsp3) is 0.345. The summed E-state index contributed by atoms with van der Waals surface area (Å²) in [4.78, 5) is 34.5. The van der Waals surface area contributed by atoms with Gasteiger partial charge in [-0.2, -0.15) is 0 Å². The third-order valence-electron chi connectivity index (χ3n) is 6.63. The van der Waals surface area contributed by atoms with E-state index in [0.29, 0.717) is 42.1 Å². The van der Waals surface area contributed by atoms with Crippen molar-refractivity contribution in [3.8, 4) is 11.5 Å². The summed E-state index contributed by atoms with van der Waals surface area (Å²) in [5.41, 5.74) is 3.24. The number of anilines is 1.